The molecule has 0 amide bonds. The first-order valence-corrected chi connectivity index (χ1v) is 7.65. The second-order valence-corrected chi connectivity index (χ2v) is 5.85. The van der Waals surface area contributed by atoms with Crippen molar-refractivity contribution in [2.75, 3.05) is 20.8 Å². The monoisotopic (exact) mass is 327 g/mol. The maximum Gasteiger partial charge on any atom is 0.161 e. The molecular formula is C15H22BrNO2. The van der Waals surface area contributed by atoms with Gasteiger partial charge in [-0.2, -0.15) is 0 Å². The number of halogens is 1. The van der Waals surface area contributed by atoms with Gasteiger partial charge in [0.2, 0.25) is 0 Å². The average Bonchev–Trinajstić information content (AvgIpc) is 3.24. The van der Waals surface area contributed by atoms with Crippen LogP contribution in [-0.2, 0) is 0 Å². The van der Waals surface area contributed by atoms with Crippen molar-refractivity contribution in [2.45, 2.75) is 32.2 Å². The molecule has 1 saturated carbocycles. The van der Waals surface area contributed by atoms with Gasteiger partial charge in [0.15, 0.2) is 11.5 Å². The molecule has 1 aromatic rings. The van der Waals surface area contributed by atoms with Crippen molar-refractivity contribution in [2.24, 2.45) is 5.92 Å². The summed E-state index contributed by atoms with van der Waals surface area (Å²) in [6.07, 6.45) is 3.76. The third kappa shape index (κ3) is 3.42. The molecule has 4 heteroatoms. The minimum absolute atomic E-state index is 0.411. The first kappa shape index (κ1) is 14.7. The molecule has 1 unspecified atom stereocenters. The summed E-state index contributed by atoms with van der Waals surface area (Å²) >= 11 is 3.66. The summed E-state index contributed by atoms with van der Waals surface area (Å²) in [4.78, 5) is 0. The molecule has 0 saturated heterocycles. The highest BCUT2D eigenvalue weighted by Gasteiger charge is 2.33. The van der Waals surface area contributed by atoms with E-state index in [4.69, 9.17) is 9.47 Å². The summed E-state index contributed by atoms with van der Waals surface area (Å²) in [5.41, 5.74) is 1.27. The number of hydrogen-bond acceptors (Lipinski definition) is 3. The summed E-state index contributed by atoms with van der Waals surface area (Å²) in [6, 6.07) is 4.50. The molecule has 106 valence electrons. The van der Waals surface area contributed by atoms with Crippen molar-refractivity contribution in [1.82, 2.24) is 5.32 Å². The van der Waals surface area contributed by atoms with Crippen LogP contribution in [0, 0.1) is 5.92 Å². The summed E-state index contributed by atoms with van der Waals surface area (Å²) < 4.78 is 11.8. The van der Waals surface area contributed by atoms with Gasteiger partial charge in [0.1, 0.15) is 0 Å². The van der Waals surface area contributed by atoms with E-state index in [9.17, 15) is 0 Å². The van der Waals surface area contributed by atoms with Crippen molar-refractivity contribution >= 4 is 15.9 Å². The van der Waals surface area contributed by atoms with Crippen molar-refractivity contribution in [1.29, 1.82) is 0 Å². The van der Waals surface area contributed by atoms with Crippen molar-refractivity contribution < 1.29 is 9.47 Å². The fourth-order valence-electron chi connectivity index (χ4n) is 2.37. The van der Waals surface area contributed by atoms with Gasteiger partial charge < -0.3 is 14.8 Å². The Bertz CT molecular complexity index is 432. The Kier molecular flexibility index (Phi) is 5.11. The highest BCUT2D eigenvalue weighted by Crippen LogP contribution is 2.45. The molecule has 19 heavy (non-hydrogen) atoms. The lowest BCUT2D eigenvalue weighted by Crippen LogP contribution is -2.24. The van der Waals surface area contributed by atoms with Crippen LogP contribution in [0.2, 0.25) is 0 Å². The van der Waals surface area contributed by atoms with E-state index in [1.54, 1.807) is 14.2 Å². The Morgan fingerprint density at radius 1 is 1.26 bits per heavy atom. The number of nitrogens with one attached hydrogen (secondary N) is 1. The van der Waals surface area contributed by atoms with Crippen molar-refractivity contribution in [3.63, 3.8) is 0 Å². The predicted molar refractivity (Wildman–Crippen MR) is 81.0 cm³/mol. The molecule has 1 fully saturated rings. The summed E-state index contributed by atoms with van der Waals surface area (Å²) in [5.74, 6) is 2.31. The molecular weight excluding hydrogens is 306 g/mol. The molecule has 0 heterocycles. The van der Waals surface area contributed by atoms with Crippen LogP contribution in [0.4, 0.5) is 0 Å². The number of rotatable bonds is 7. The molecule has 1 aliphatic carbocycles. The summed E-state index contributed by atoms with van der Waals surface area (Å²) in [6.45, 7) is 3.24. The smallest absolute Gasteiger partial charge is 0.161 e. The van der Waals surface area contributed by atoms with Crippen LogP contribution in [-0.4, -0.2) is 20.8 Å². The first-order valence-electron chi connectivity index (χ1n) is 6.86. The highest BCUT2D eigenvalue weighted by atomic mass is 79.9. The minimum Gasteiger partial charge on any atom is -0.493 e. The van der Waals surface area contributed by atoms with E-state index in [0.717, 1.165) is 34.9 Å². The van der Waals surface area contributed by atoms with Gasteiger partial charge in [-0.05, 0) is 49.4 Å². The van der Waals surface area contributed by atoms with E-state index in [0.29, 0.717) is 6.04 Å². The zero-order valence-electron chi connectivity index (χ0n) is 11.8. The summed E-state index contributed by atoms with van der Waals surface area (Å²) in [5, 5.41) is 3.65. The van der Waals surface area contributed by atoms with E-state index in [1.165, 1.54) is 18.4 Å². The Labute approximate surface area is 123 Å². The molecule has 0 spiro atoms. The Balaban J connectivity index is 2.30. The van der Waals surface area contributed by atoms with E-state index in [1.807, 2.05) is 6.07 Å². The fraction of sp³-hybridized carbons (Fsp3) is 0.600. The molecule has 0 aromatic heterocycles. The zero-order valence-corrected chi connectivity index (χ0v) is 13.4. The molecule has 1 aromatic carbocycles. The second kappa shape index (κ2) is 6.62. The number of hydrogen-bond donors (Lipinski definition) is 1. The van der Waals surface area contributed by atoms with Gasteiger partial charge in [0, 0.05) is 10.5 Å². The maximum atomic E-state index is 5.41. The van der Waals surface area contributed by atoms with Crippen LogP contribution in [0.3, 0.4) is 0 Å². The van der Waals surface area contributed by atoms with Gasteiger partial charge in [0.05, 0.1) is 14.2 Å². The van der Waals surface area contributed by atoms with Gasteiger partial charge in [-0.1, -0.05) is 22.9 Å². The van der Waals surface area contributed by atoms with Gasteiger partial charge in [0.25, 0.3) is 0 Å². The lowest BCUT2D eigenvalue weighted by molar-refractivity contribution is 0.353. The quantitative estimate of drug-likeness (QED) is 0.823. The Morgan fingerprint density at radius 3 is 2.42 bits per heavy atom. The predicted octanol–water partition coefficient (Wildman–Crippen LogP) is 3.92. The SMILES string of the molecule is CCCNC(c1cc(OC)c(OC)cc1Br)C1CC1. The van der Waals surface area contributed by atoms with Crippen molar-refractivity contribution in [3.05, 3.63) is 22.2 Å². The summed E-state index contributed by atoms with van der Waals surface area (Å²) in [7, 11) is 3.35. The molecule has 1 aliphatic rings. The van der Waals surface area contributed by atoms with Crippen LogP contribution in [0.25, 0.3) is 0 Å². The molecule has 0 radical (unpaired) electrons. The van der Waals surface area contributed by atoms with Crippen LogP contribution in [0.5, 0.6) is 11.5 Å². The molecule has 1 atom stereocenters. The van der Waals surface area contributed by atoms with Crippen LogP contribution >= 0.6 is 15.9 Å². The van der Waals surface area contributed by atoms with Gasteiger partial charge >= 0.3 is 0 Å². The van der Waals surface area contributed by atoms with Gasteiger partial charge in [-0.15, -0.1) is 0 Å². The molecule has 0 bridgehead atoms. The van der Waals surface area contributed by atoms with E-state index >= 15 is 0 Å². The van der Waals surface area contributed by atoms with E-state index < -0.39 is 0 Å². The standard InChI is InChI=1S/C15H22BrNO2/c1-4-7-17-15(10-5-6-10)11-8-13(18-2)14(19-3)9-12(11)16/h8-10,15,17H,4-7H2,1-3H3. The Morgan fingerprint density at radius 2 is 1.89 bits per heavy atom. The minimum atomic E-state index is 0.411. The maximum absolute atomic E-state index is 5.41. The lowest BCUT2D eigenvalue weighted by Gasteiger charge is -2.21. The highest BCUT2D eigenvalue weighted by molar-refractivity contribution is 9.10. The molecule has 3 nitrogen and oxygen atoms in total. The third-order valence-electron chi connectivity index (χ3n) is 3.55. The normalized spacial score (nSPS) is 16.2. The molecule has 1 N–H and O–H groups in total. The van der Waals surface area contributed by atoms with Crippen LogP contribution < -0.4 is 14.8 Å². The topological polar surface area (TPSA) is 30.5 Å². The lowest BCUT2D eigenvalue weighted by atomic mass is 10.0. The molecule has 2 rings (SSSR count). The number of benzene rings is 1. The van der Waals surface area contributed by atoms with Gasteiger partial charge in [-0.3, -0.25) is 0 Å². The van der Waals surface area contributed by atoms with Crippen LogP contribution in [0.15, 0.2) is 16.6 Å². The number of ether oxygens (including phenoxy) is 2. The van der Waals surface area contributed by atoms with Gasteiger partial charge in [-0.25, -0.2) is 0 Å². The number of methoxy groups -OCH3 is 2. The average molecular weight is 328 g/mol. The Hall–Kier alpha value is -0.740. The third-order valence-corrected chi connectivity index (χ3v) is 4.23. The largest absolute Gasteiger partial charge is 0.493 e. The zero-order chi connectivity index (χ0) is 13.8. The first-order chi connectivity index (χ1) is 9.21. The van der Waals surface area contributed by atoms with Crippen molar-refractivity contribution in [3.8, 4) is 11.5 Å². The van der Waals surface area contributed by atoms with Crippen LogP contribution in [0.1, 0.15) is 37.8 Å². The van der Waals surface area contributed by atoms with E-state index in [2.05, 4.69) is 34.2 Å². The van der Waals surface area contributed by atoms with E-state index in [-0.39, 0.29) is 0 Å². The fourth-order valence-corrected chi connectivity index (χ4v) is 2.94. The second-order valence-electron chi connectivity index (χ2n) is 5.00. The molecule has 0 aliphatic heterocycles.